The Morgan fingerprint density at radius 3 is 2.14 bits per heavy atom. The molecular formula is C35H45F5N2O6Si. The number of para-hydroxylation sites is 1. The van der Waals surface area contributed by atoms with Crippen molar-refractivity contribution in [1.29, 1.82) is 0 Å². The number of aromatic nitrogens is 1. The van der Waals surface area contributed by atoms with E-state index in [2.05, 4.69) is 0 Å². The predicted octanol–water partition coefficient (Wildman–Crippen LogP) is 9.75. The molecule has 14 heteroatoms. The highest BCUT2D eigenvalue weighted by molar-refractivity contribution is 6.74. The molecule has 0 bridgehead atoms. The number of benzene rings is 2. The second-order valence-corrected chi connectivity index (χ2v) is 19.9. The van der Waals surface area contributed by atoms with Gasteiger partial charge in [0.15, 0.2) is 8.32 Å². The Morgan fingerprint density at radius 1 is 1.02 bits per heavy atom. The average molecular weight is 713 g/mol. The number of ether oxygens (including phenoxy) is 2. The van der Waals surface area contributed by atoms with Gasteiger partial charge in [0.05, 0.1) is 23.8 Å². The van der Waals surface area contributed by atoms with E-state index in [0.29, 0.717) is 10.9 Å². The molecule has 2 heterocycles. The van der Waals surface area contributed by atoms with E-state index in [4.69, 9.17) is 13.9 Å². The van der Waals surface area contributed by atoms with Gasteiger partial charge < -0.3 is 19.0 Å². The SMILES string of the molecule is C[C@@H]1Cc2c(n(C(=O)O)c3ccccc23)[C@@H](c2c(F)cc(C(CCO[Si](C)(C)C(C)(C)C)OC(=O)OC(C)(C)C)cc2F)N1CC(F)(F)F. The average Bonchev–Trinajstić information content (AvgIpc) is 3.25. The molecule has 8 nitrogen and oxygen atoms in total. The first kappa shape index (κ1) is 38.3. The van der Waals surface area contributed by atoms with Crippen LogP contribution in [0.1, 0.15) is 89.4 Å². The molecule has 0 fully saturated rings. The number of halogens is 5. The lowest BCUT2D eigenvalue weighted by molar-refractivity contribution is -0.155. The van der Waals surface area contributed by atoms with Crippen LogP contribution in [0.2, 0.25) is 18.1 Å². The van der Waals surface area contributed by atoms with Crippen LogP contribution in [0.5, 0.6) is 0 Å². The second kappa shape index (κ2) is 13.7. The Morgan fingerprint density at radius 2 is 1.61 bits per heavy atom. The largest absolute Gasteiger partial charge is 0.509 e. The van der Waals surface area contributed by atoms with E-state index in [0.717, 1.165) is 21.6 Å². The highest BCUT2D eigenvalue weighted by Crippen LogP contribution is 2.46. The number of carbonyl (C=O) groups excluding carboxylic acids is 1. The van der Waals surface area contributed by atoms with Gasteiger partial charge in [0.1, 0.15) is 23.3 Å². The normalized spacial score (nSPS) is 18.3. The molecule has 270 valence electrons. The number of alkyl halides is 3. The van der Waals surface area contributed by atoms with Crippen LogP contribution >= 0.6 is 0 Å². The maximum absolute atomic E-state index is 16.4. The van der Waals surface area contributed by atoms with Crippen LogP contribution in [0, 0.1) is 11.6 Å². The van der Waals surface area contributed by atoms with Crippen LogP contribution in [-0.4, -0.2) is 66.1 Å². The Labute approximate surface area is 284 Å². The lowest BCUT2D eigenvalue weighted by Gasteiger charge is -2.42. The van der Waals surface area contributed by atoms with Gasteiger partial charge in [-0.05, 0) is 81.6 Å². The van der Waals surface area contributed by atoms with E-state index < -0.39 is 74.3 Å². The fraction of sp³-hybridized carbons (Fsp3) is 0.543. The minimum Gasteiger partial charge on any atom is -0.464 e. The third kappa shape index (κ3) is 8.46. The molecule has 0 spiro atoms. The summed E-state index contributed by atoms with van der Waals surface area (Å²) >= 11 is 0. The van der Waals surface area contributed by atoms with Crippen LogP contribution in [0.3, 0.4) is 0 Å². The molecule has 4 rings (SSSR count). The summed E-state index contributed by atoms with van der Waals surface area (Å²) in [5.74, 6) is -2.45. The van der Waals surface area contributed by atoms with Gasteiger partial charge in [-0.3, -0.25) is 4.90 Å². The molecule has 3 aromatic rings. The Hall–Kier alpha value is -3.49. The van der Waals surface area contributed by atoms with Crippen LogP contribution in [0.4, 0.5) is 31.5 Å². The van der Waals surface area contributed by atoms with Crippen molar-refractivity contribution in [3.05, 3.63) is 70.4 Å². The third-order valence-electron chi connectivity index (χ3n) is 9.25. The molecule has 2 aromatic carbocycles. The quantitative estimate of drug-likeness (QED) is 0.141. The Kier molecular flexibility index (Phi) is 10.7. The highest BCUT2D eigenvalue weighted by Gasteiger charge is 2.46. The fourth-order valence-electron chi connectivity index (χ4n) is 5.99. The molecule has 49 heavy (non-hydrogen) atoms. The summed E-state index contributed by atoms with van der Waals surface area (Å²) in [5.41, 5.74) is -1.36. The maximum Gasteiger partial charge on any atom is 0.509 e. The second-order valence-electron chi connectivity index (χ2n) is 15.1. The van der Waals surface area contributed by atoms with E-state index in [9.17, 15) is 27.9 Å². The van der Waals surface area contributed by atoms with Gasteiger partial charge in [0.2, 0.25) is 0 Å². The van der Waals surface area contributed by atoms with Crippen molar-refractivity contribution in [3.8, 4) is 0 Å². The number of carboxylic acid groups (broad SMARTS) is 1. The first-order chi connectivity index (χ1) is 22.4. The van der Waals surface area contributed by atoms with Crippen molar-refractivity contribution in [3.63, 3.8) is 0 Å². The monoisotopic (exact) mass is 712 g/mol. The summed E-state index contributed by atoms with van der Waals surface area (Å²) in [5, 5.41) is 10.6. The number of carbonyl (C=O) groups is 2. The number of nitrogens with zero attached hydrogens (tertiary/aromatic N) is 2. The van der Waals surface area contributed by atoms with Gasteiger partial charge in [0, 0.05) is 30.0 Å². The van der Waals surface area contributed by atoms with E-state index >= 15 is 8.78 Å². The maximum atomic E-state index is 16.4. The summed E-state index contributed by atoms with van der Waals surface area (Å²) in [6.07, 6.45) is -8.58. The third-order valence-corrected chi connectivity index (χ3v) is 13.8. The Balaban J connectivity index is 1.86. The Bertz CT molecular complexity index is 1690. The molecular weight excluding hydrogens is 667 g/mol. The van der Waals surface area contributed by atoms with Crippen LogP contribution in [0.25, 0.3) is 10.9 Å². The molecule has 1 aliphatic heterocycles. The van der Waals surface area contributed by atoms with Crippen molar-refractivity contribution < 1.29 is 50.5 Å². The lowest BCUT2D eigenvalue weighted by atomic mass is 9.87. The number of rotatable bonds is 8. The molecule has 1 aromatic heterocycles. The summed E-state index contributed by atoms with van der Waals surface area (Å²) in [6, 6.07) is 5.57. The van der Waals surface area contributed by atoms with Crippen molar-refractivity contribution in [1.82, 2.24) is 9.47 Å². The van der Waals surface area contributed by atoms with Crippen LogP contribution < -0.4 is 0 Å². The fourth-order valence-corrected chi connectivity index (χ4v) is 7.05. The van der Waals surface area contributed by atoms with Crippen molar-refractivity contribution in [2.75, 3.05) is 13.2 Å². The van der Waals surface area contributed by atoms with E-state index in [1.807, 2.05) is 33.9 Å². The smallest absolute Gasteiger partial charge is 0.464 e. The van der Waals surface area contributed by atoms with Crippen molar-refractivity contribution in [2.45, 2.75) is 109 Å². The highest BCUT2D eigenvalue weighted by atomic mass is 28.4. The number of hydrogen-bond donors (Lipinski definition) is 1. The molecule has 1 N–H and O–H groups in total. The molecule has 0 saturated carbocycles. The first-order valence-corrected chi connectivity index (χ1v) is 19.0. The minimum atomic E-state index is -4.77. The zero-order valence-electron chi connectivity index (χ0n) is 29.3. The summed E-state index contributed by atoms with van der Waals surface area (Å²) in [6.45, 7) is 15.1. The van der Waals surface area contributed by atoms with E-state index in [1.54, 1.807) is 39.0 Å². The molecule has 3 atom stereocenters. The van der Waals surface area contributed by atoms with Gasteiger partial charge in [-0.25, -0.2) is 22.9 Å². The van der Waals surface area contributed by atoms with Crippen LogP contribution in [-0.2, 0) is 20.3 Å². The van der Waals surface area contributed by atoms with Gasteiger partial charge in [0.25, 0.3) is 0 Å². The van der Waals surface area contributed by atoms with Gasteiger partial charge in [-0.2, -0.15) is 13.2 Å². The molecule has 0 radical (unpaired) electrons. The molecule has 1 aliphatic rings. The van der Waals surface area contributed by atoms with Gasteiger partial charge >= 0.3 is 18.4 Å². The lowest BCUT2D eigenvalue weighted by Crippen LogP contribution is -2.48. The zero-order chi connectivity index (χ0) is 36.9. The number of hydrogen-bond acceptors (Lipinski definition) is 6. The van der Waals surface area contributed by atoms with Crippen molar-refractivity contribution >= 4 is 31.5 Å². The molecule has 0 saturated heterocycles. The zero-order valence-corrected chi connectivity index (χ0v) is 30.3. The topological polar surface area (TPSA) is 90.2 Å². The van der Waals surface area contributed by atoms with E-state index in [1.165, 1.54) is 13.0 Å². The molecule has 0 amide bonds. The predicted molar refractivity (Wildman–Crippen MR) is 177 cm³/mol. The standard InChI is InChI=1S/C35H45F5N2O6Si/c1-20-16-23-22-12-10-11-13-26(22)42(31(43)44)29(23)30(41(20)19-35(38,39)40)28-24(36)17-21(18-25(28)37)27(47-32(45)48-33(2,3)4)14-15-46-49(8,9)34(5,6)7/h10-13,17-18,20,27,30H,14-16,19H2,1-9H3,(H,43,44)/t20-,27?,30-/m1/s1. The summed E-state index contributed by atoms with van der Waals surface area (Å²) in [4.78, 5) is 26.2. The first-order valence-electron chi connectivity index (χ1n) is 16.1. The summed E-state index contributed by atoms with van der Waals surface area (Å²) < 4.78 is 92.8. The molecule has 0 aliphatic carbocycles. The van der Waals surface area contributed by atoms with Crippen molar-refractivity contribution in [2.24, 2.45) is 0 Å². The van der Waals surface area contributed by atoms with Gasteiger partial charge in [-0.15, -0.1) is 0 Å². The molecule has 1 unspecified atom stereocenters. The van der Waals surface area contributed by atoms with E-state index in [-0.39, 0.29) is 41.3 Å². The minimum absolute atomic E-state index is 0.00203. The van der Waals surface area contributed by atoms with Crippen LogP contribution in [0.15, 0.2) is 36.4 Å². The van der Waals surface area contributed by atoms with Gasteiger partial charge in [-0.1, -0.05) is 39.0 Å². The number of fused-ring (bicyclic) bond motifs is 3. The summed E-state index contributed by atoms with van der Waals surface area (Å²) in [7, 11) is -2.27.